The predicted molar refractivity (Wildman–Crippen MR) is 108 cm³/mol. The SMILES string of the molecule is CC(C)CN1CCCn2nc(CNC(=O)C(C)N3CCCCCC3)cc2C1. The third kappa shape index (κ3) is 5.79. The van der Waals surface area contributed by atoms with Crippen LogP contribution >= 0.6 is 0 Å². The number of nitrogens with zero attached hydrogens (tertiary/aromatic N) is 4. The molecule has 0 aromatic carbocycles. The van der Waals surface area contributed by atoms with E-state index in [9.17, 15) is 4.79 Å². The molecule has 3 heterocycles. The zero-order valence-corrected chi connectivity index (χ0v) is 17.4. The molecule has 0 spiro atoms. The van der Waals surface area contributed by atoms with Crippen molar-refractivity contribution in [3.05, 3.63) is 17.5 Å². The molecule has 3 rings (SSSR count). The Balaban J connectivity index is 1.53. The Labute approximate surface area is 164 Å². The van der Waals surface area contributed by atoms with Crippen LogP contribution in [0.1, 0.15) is 64.3 Å². The van der Waals surface area contributed by atoms with E-state index in [1.807, 2.05) is 6.92 Å². The van der Waals surface area contributed by atoms with E-state index in [-0.39, 0.29) is 11.9 Å². The van der Waals surface area contributed by atoms with Gasteiger partial charge in [-0.05, 0) is 51.3 Å². The van der Waals surface area contributed by atoms with Crippen LogP contribution < -0.4 is 5.32 Å². The third-order valence-electron chi connectivity index (χ3n) is 5.78. The van der Waals surface area contributed by atoms with Gasteiger partial charge in [-0.1, -0.05) is 26.7 Å². The number of hydrogen-bond donors (Lipinski definition) is 1. The van der Waals surface area contributed by atoms with Crippen molar-refractivity contribution in [2.24, 2.45) is 5.92 Å². The van der Waals surface area contributed by atoms with Gasteiger partial charge >= 0.3 is 0 Å². The average Bonchev–Trinajstić information content (AvgIpc) is 2.82. The largest absolute Gasteiger partial charge is 0.349 e. The molecule has 1 aromatic heterocycles. The van der Waals surface area contributed by atoms with Gasteiger partial charge in [-0.3, -0.25) is 19.3 Å². The number of fused-ring (bicyclic) bond motifs is 1. The zero-order chi connectivity index (χ0) is 19.2. The monoisotopic (exact) mass is 375 g/mol. The Morgan fingerprint density at radius 2 is 1.81 bits per heavy atom. The van der Waals surface area contributed by atoms with Crippen LogP contribution in [0.4, 0.5) is 0 Å². The van der Waals surface area contributed by atoms with E-state index in [4.69, 9.17) is 5.10 Å². The lowest BCUT2D eigenvalue weighted by Crippen LogP contribution is -2.45. The fraction of sp³-hybridized carbons (Fsp3) is 0.810. The quantitative estimate of drug-likeness (QED) is 0.830. The summed E-state index contributed by atoms with van der Waals surface area (Å²) in [4.78, 5) is 17.5. The molecule has 0 radical (unpaired) electrons. The molecule has 1 amide bonds. The summed E-state index contributed by atoms with van der Waals surface area (Å²) in [5.74, 6) is 0.806. The van der Waals surface area contributed by atoms with E-state index < -0.39 is 0 Å². The van der Waals surface area contributed by atoms with Crippen molar-refractivity contribution in [2.75, 3.05) is 26.2 Å². The standard InChI is InChI=1S/C21H37N5O/c1-17(2)15-24-9-8-12-26-20(16-24)13-19(23-26)14-22-21(27)18(3)25-10-6-4-5-7-11-25/h13,17-18H,4-12,14-16H2,1-3H3,(H,22,27). The van der Waals surface area contributed by atoms with Gasteiger partial charge in [0.2, 0.25) is 5.91 Å². The summed E-state index contributed by atoms with van der Waals surface area (Å²) in [6, 6.07) is 2.13. The van der Waals surface area contributed by atoms with Gasteiger partial charge in [-0.2, -0.15) is 5.10 Å². The molecule has 1 N–H and O–H groups in total. The van der Waals surface area contributed by atoms with Crippen molar-refractivity contribution in [1.82, 2.24) is 24.9 Å². The second-order valence-electron chi connectivity index (χ2n) is 8.68. The maximum Gasteiger partial charge on any atom is 0.237 e. The van der Waals surface area contributed by atoms with Gasteiger partial charge in [0, 0.05) is 26.2 Å². The highest BCUT2D eigenvalue weighted by atomic mass is 16.2. The summed E-state index contributed by atoms with van der Waals surface area (Å²) in [6.07, 6.45) is 6.13. The Morgan fingerprint density at radius 1 is 1.07 bits per heavy atom. The van der Waals surface area contributed by atoms with Crippen LogP contribution in [0.15, 0.2) is 6.07 Å². The molecule has 1 saturated heterocycles. The van der Waals surface area contributed by atoms with Crippen LogP contribution in [-0.4, -0.2) is 57.7 Å². The van der Waals surface area contributed by atoms with Crippen LogP contribution in [-0.2, 0) is 24.4 Å². The number of hydrogen-bond acceptors (Lipinski definition) is 4. The van der Waals surface area contributed by atoms with Gasteiger partial charge in [0.1, 0.15) is 0 Å². The first-order chi connectivity index (χ1) is 13.0. The summed E-state index contributed by atoms with van der Waals surface area (Å²) >= 11 is 0. The highest BCUT2D eigenvalue weighted by molar-refractivity contribution is 5.81. The van der Waals surface area contributed by atoms with Gasteiger partial charge < -0.3 is 5.32 Å². The average molecular weight is 376 g/mol. The fourth-order valence-corrected chi connectivity index (χ4v) is 4.32. The predicted octanol–water partition coefficient (Wildman–Crippen LogP) is 2.63. The number of nitrogens with one attached hydrogen (secondary N) is 1. The molecular weight excluding hydrogens is 338 g/mol. The highest BCUT2D eigenvalue weighted by Crippen LogP contribution is 2.16. The van der Waals surface area contributed by atoms with Crippen LogP contribution in [0.25, 0.3) is 0 Å². The Bertz CT molecular complexity index is 604. The van der Waals surface area contributed by atoms with Crippen LogP contribution in [0.3, 0.4) is 0 Å². The van der Waals surface area contributed by atoms with Crippen LogP contribution in [0.5, 0.6) is 0 Å². The van der Waals surface area contributed by atoms with E-state index in [1.54, 1.807) is 0 Å². The smallest absolute Gasteiger partial charge is 0.237 e. The lowest BCUT2D eigenvalue weighted by molar-refractivity contribution is -0.126. The lowest BCUT2D eigenvalue weighted by Gasteiger charge is -2.26. The van der Waals surface area contributed by atoms with Crippen molar-refractivity contribution in [3.63, 3.8) is 0 Å². The molecule has 27 heavy (non-hydrogen) atoms. The zero-order valence-electron chi connectivity index (χ0n) is 17.4. The molecular formula is C21H37N5O. The second kappa shape index (κ2) is 9.69. The van der Waals surface area contributed by atoms with Gasteiger partial charge in [-0.15, -0.1) is 0 Å². The minimum absolute atomic E-state index is 0.0509. The van der Waals surface area contributed by atoms with Crippen LogP contribution in [0.2, 0.25) is 0 Å². The minimum atomic E-state index is -0.0509. The number of likely N-dealkylation sites (tertiary alicyclic amines) is 1. The molecule has 0 bridgehead atoms. The van der Waals surface area contributed by atoms with Crippen LogP contribution in [0, 0.1) is 5.92 Å². The Morgan fingerprint density at radius 3 is 2.52 bits per heavy atom. The first kappa shape index (κ1) is 20.3. The molecule has 0 aliphatic carbocycles. The van der Waals surface area contributed by atoms with Crippen molar-refractivity contribution in [1.29, 1.82) is 0 Å². The highest BCUT2D eigenvalue weighted by Gasteiger charge is 2.22. The topological polar surface area (TPSA) is 53.4 Å². The Kier molecular flexibility index (Phi) is 7.30. The fourth-order valence-electron chi connectivity index (χ4n) is 4.32. The normalized spacial score (nSPS) is 20.7. The number of rotatable bonds is 6. The first-order valence-electron chi connectivity index (χ1n) is 10.8. The summed E-state index contributed by atoms with van der Waals surface area (Å²) in [5, 5.41) is 7.86. The second-order valence-corrected chi connectivity index (χ2v) is 8.68. The summed E-state index contributed by atoms with van der Waals surface area (Å²) in [7, 11) is 0. The number of aryl methyl sites for hydroxylation is 1. The molecule has 6 heteroatoms. The molecule has 2 aliphatic heterocycles. The molecule has 0 saturated carbocycles. The number of carbonyl (C=O) groups is 1. The van der Waals surface area contributed by atoms with E-state index in [2.05, 4.69) is 39.7 Å². The van der Waals surface area contributed by atoms with E-state index >= 15 is 0 Å². The van der Waals surface area contributed by atoms with Crippen molar-refractivity contribution >= 4 is 5.91 Å². The van der Waals surface area contributed by atoms with Crippen molar-refractivity contribution in [2.45, 2.75) is 78.6 Å². The summed E-state index contributed by atoms with van der Waals surface area (Å²) in [6.45, 7) is 13.4. The number of amides is 1. The van der Waals surface area contributed by atoms with Crippen molar-refractivity contribution in [3.8, 4) is 0 Å². The molecule has 1 atom stereocenters. The minimum Gasteiger partial charge on any atom is -0.349 e. The van der Waals surface area contributed by atoms with Gasteiger partial charge in [-0.25, -0.2) is 0 Å². The van der Waals surface area contributed by atoms with Gasteiger partial charge in [0.15, 0.2) is 0 Å². The molecule has 1 unspecified atom stereocenters. The molecule has 2 aliphatic rings. The van der Waals surface area contributed by atoms with E-state index in [0.717, 1.165) is 51.4 Å². The first-order valence-corrected chi connectivity index (χ1v) is 10.8. The van der Waals surface area contributed by atoms with Gasteiger partial charge in [0.05, 0.1) is 24.0 Å². The maximum absolute atomic E-state index is 12.6. The Hall–Kier alpha value is -1.40. The van der Waals surface area contributed by atoms with Gasteiger partial charge in [0.25, 0.3) is 0 Å². The molecule has 1 aromatic rings. The van der Waals surface area contributed by atoms with Crippen molar-refractivity contribution < 1.29 is 4.79 Å². The molecule has 6 nitrogen and oxygen atoms in total. The van der Waals surface area contributed by atoms with E-state index in [0.29, 0.717) is 12.5 Å². The lowest BCUT2D eigenvalue weighted by atomic mass is 10.2. The number of aromatic nitrogens is 2. The maximum atomic E-state index is 12.6. The summed E-state index contributed by atoms with van der Waals surface area (Å²) in [5.41, 5.74) is 2.26. The third-order valence-corrected chi connectivity index (χ3v) is 5.78. The number of carbonyl (C=O) groups excluding carboxylic acids is 1. The molecule has 152 valence electrons. The molecule has 1 fully saturated rings. The van der Waals surface area contributed by atoms with E-state index in [1.165, 1.54) is 31.4 Å². The summed E-state index contributed by atoms with van der Waals surface area (Å²) < 4.78 is 2.14.